The summed E-state index contributed by atoms with van der Waals surface area (Å²) in [5.74, 6) is 3.50. The molecule has 5 atom stereocenters. The fourth-order valence-electron chi connectivity index (χ4n) is 6.21. The number of hydrogen-bond donors (Lipinski definition) is 0. The van der Waals surface area contributed by atoms with Crippen molar-refractivity contribution in [3.05, 3.63) is 29.5 Å². The zero-order chi connectivity index (χ0) is 16.4. The minimum Gasteiger partial charge on any atom is -0.497 e. The van der Waals surface area contributed by atoms with Gasteiger partial charge in [0.25, 0.3) is 0 Å². The number of nitrogens with zero attached hydrogens (tertiary/aromatic N) is 2. The lowest BCUT2D eigenvalue weighted by Crippen LogP contribution is -2.56. The molecule has 3 nitrogen and oxygen atoms in total. The van der Waals surface area contributed by atoms with Crippen LogP contribution in [0.25, 0.3) is 10.9 Å². The van der Waals surface area contributed by atoms with Gasteiger partial charge in [-0.05, 0) is 54.9 Å². The SMILES string of the molecule is CC[C@@H]1C[C@H]2CC3c4c(c5cc(OC)ccc5n4C)CCN(C2)C31. The molecule has 1 saturated carbocycles. The van der Waals surface area contributed by atoms with Crippen LogP contribution in [0.15, 0.2) is 18.2 Å². The molecule has 6 rings (SSSR count). The highest BCUT2D eigenvalue weighted by atomic mass is 16.5. The van der Waals surface area contributed by atoms with Crippen molar-refractivity contribution in [3.63, 3.8) is 0 Å². The normalized spacial score (nSPS) is 34.2. The number of piperidine rings is 2. The Morgan fingerprint density at radius 2 is 2.12 bits per heavy atom. The summed E-state index contributed by atoms with van der Waals surface area (Å²) in [6.07, 6.45) is 5.38. The molecule has 0 radical (unpaired) electrons. The molecule has 1 aromatic carbocycles. The van der Waals surface area contributed by atoms with Gasteiger partial charge >= 0.3 is 0 Å². The van der Waals surface area contributed by atoms with Gasteiger partial charge in [0.05, 0.1) is 7.11 Å². The summed E-state index contributed by atoms with van der Waals surface area (Å²) in [5.41, 5.74) is 4.61. The van der Waals surface area contributed by atoms with E-state index in [-0.39, 0.29) is 0 Å². The quantitative estimate of drug-likeness (QED) is 0.832. The second kappa shape index (κ2) is 5.26. The molecule has 1 aliphatic carbocycles. The Labute approximate surface area is 144 Å². The van der Waals surface area contributed by atoms with Gasteiger partial charge < -0.3 is 9.30 Å². The monoisotopic (exact) mass is 324 g/mol. The Kier molecular flexibility index (Phi) is 3.25. The second-order valence-electron chi connectivity index (χ2n) is 8.15. The minimum atomic E-state index is 0.725. The van der Waals surface area contributed by atoms with E-state index in [9.17, 15) is 0 Å². The number of methoxy groups -OCH3 is 1. The molecular formula is C21H28N2O. The molecule has 3 aliphatic heterocycles. The molecular weight excluding hydrogens is 296 g/mol. The highest BCUT2D eigenvalue weighted by Crippen LogP contribution is 2.51. The van der Waals surface area contributed by atoms with Gasteiger partial charge in [0, 0.05) is 48.7 Å². The first-order chi connectivity index (χ1) is 11.7. The van der Waals surface area contributed by atoms with E-state index in [0.717, 1.165) is 29.5 Å². The number of fused-ring (bicyclic) bond motifs is 4. The molecule has 4 heterocycles. The van der Waals surface area contributed by atoms with Gasteiger partial charge in [-0.15, -0.1) is 0 Å². The van der Waals surface area contributed by atoms with Crippen LogP contribution in [0.2, 0.25) is 0 Å². The van der Waals surface area contributed by atoms with E-state index in [0.29, 0.717) is 0 Å². The Morgan fingerprint density at radius 1 is 1.25 bits per heavy atom. The van der Waals surface area contributed by atoms with E-state index in [1.54, 1.807) is 18.4 Å². The molecule has 1 aromatic heterocycles. The summed E-state index contributed by atoms with van der Waals surface area (Å²) >= 11 is 0. The molecule has 3 fully saturated rings. The van der Waals surface area contributed by atoms with Gasteiger partial charge in [0.15, 0.2) is 0 Å². The lowest BCUT2D eigenvalue weighted by atomic mass is 9.65. The number of aryl methyl sites for hydroxylation is 1. The number of rotatable bonds is 2. The first-order valence-corrected chi connectivity index (χ1v) is 9.60. The first-order valence-electron chi connectivity index (χ1n) is 9.60. The molecule has 0 spiro atoms. The predicted molar refractivity (Wildman–Crippen MR) is 97.8 cm³/mol. The van der Waals surface area contributed by atoms with E-state index in [1.165, 1.54) is 49.7 Å². The number of benzene rings is 1. The summed E-state index contributed by atoms with van der Waals surface area (Å²) in [6.45, 7) is 4.97. The van der Waals surface area contributed by atoms with Gasteiger partial charge in [-0.2, -0.15) is 0 Å². The maximum absolute atomic E-state index is 5.50. The molecule has 3 heteroatoms. The Bertz CT molecular complexity index is 793. The smallest absolute Gasteiger partial charge is 0.119 e. The maximum Gasteiger partial charge on any atom is 0.119 e. The van der Waals surface area contributed by atoms with Crippen molar-refractivity contribution in [2.24, 2.45) is 18.9 Å². The van der Waals surface area contributed by atoms with Crippen LogP contribution in [0, 0.1) is 11.8 Å². The Hall–Kier alpha value is -1.48. The Balaban J connectivity index is 1.71. The van der Waals surface area contributed by atoms with Crippen LogP contribution in [0.1, 0.15) is 43.4 Å². The van der Waals surface area contributed by atoms with Crippen LogP contribution in [-0.2, 0) is 13.5 Å². The van der Waals surface area contributed by atoms with Gasteiger partial charge in [0.2, 0.25) is 0 Å². The van der Waals surface area contributed by atoms with E-state index < -0.39 is 0 Å². The van der Waals surface area contributed by atoms with Crippen LogP contribution in [0.4, 0.5) is 0 Å². The van der Waals surface area contributed by atoms with Crippen LogP contribution >= 0.6 is 0 Å². The summed E-state index contributed by atoms with van der Waals surface area (Å²) in [4.78, 5) is 2.84. The zero-order valence-electron chi connectivity index (χ0n) is 15.1. The molecule has 24 heavy (non-hydrogen) atoms. The molecule has 0 amide bonds. The van der Waals surface area contributed by atoms with Crippen LogP contribution in [0.3, 0.4) is 0 Å². The van der Waals surface area contributed by atoms with Crippen molar-refractivity contribution >= 4 is 10.9 Å². The van der Waals surface area contributed by atoms with Gasteiger partial charge in [-0.25, -0.2) is 0 Å². The highest BCUT2D eigenvalue weighted by Gasteiger charge is 2.49. The van der Waals surface area contributed by atoms with Crippen LogP contribution in [0.5, 0.6) is 5.75 Å². The summed E-state index contributed by atoms with van der Waals surface area (Å²) in [5, 5.41) is 1.42. The third kappa shape index (κ3) is 1.88. The summed E-state index contributed by atoms with van der Waals surface area (Å²) in [6, 6.07) is 7.38. The Morgan fingerprint density at radius 3 is 2.92 bits per heavy atom. The first kappa shape index (κ1) is 14.8. The van der Waals surface area contributed by atoms with Crippen molar-refractivity contribution in [2.75, 3.05) is 20.2 Å². The molecule has 2 aromatic rings. The molecule has 2 saturated heterocycles. The summed E-state index contributed by atoms with van der Waals surface area (Å²) < 4.78 is 8.01. The lowest BCUT2D eigenvalue weighted by molar-refractivity contribution is -0.0140. The zero-order valence-corrected chi connectivity index (χ0v) is 15.1. The molecule has 4 bridgehead atoms. The number of aromatic nitrogens is 1. The third-order valence-corrected chi connectivity index (χ3v) is 7.12. The minimum absolute atomic E-state index is 0.725. The van der Waals surface area contributed by atoms with Crippen molar-refractivity contribution < 1.29 is 4.74 Å². The van der Waals surface area contributed by atoms with Gasteiger partial charge in [0.1, 0.15) is 5.75 Å². The topological polar surface area (TPSA) is 17.4 Å². The van der Waals surface area contributed by atoms with Crippen LogP contribution < -0.4 is 4.74 Å². The van der Waals surface area contributed by atoms with Gasteiger partial charge in [-0.3, -0.25) is 4.90 Å². The van der Waals surface area contributed by atoms with Crippen molar-refractivity contribution in [2.45, 2.75) is 44.6 Å². The average Bonchev–Trinajstić information content (AvgIpc) is 2.83. The lowest BCUT2D eigenvalue weighted by Gasteiger charge is -2.53. The number of hydrogen-bond acceptors (Lipinski definition) is 2. The maximum atomic E-state index is 5.50. The van der Waals surface area contributed by atoms with E-state index >= 15 is 0 Å². The van der Waals surface area contributed by atoms with E-state index in [4.69, 9.17) is 4.74 Å². The third-order valence-electron chi connectivity index (χ3n) is 7.12. The van der Waals surface area contributed by atoms with Crippen LogP contribution in [-0.4, -0.2) is 35.7 Å². The van der Waals surface area contributed by atoms with Crippen molar-refractivity contribution in [1.29, 1.82) is 0 Å². The van der Waals surface area contributed by atoms with Crippen molar-refractivity contribution in [3.8, 4) is 5.75 Å². The molecule has 128 valence electrons. The molecule has 3 unspecified atom stereocenters. The molecule has 4 aliphatic rings. The van der Waals surface area contributed by atoms with E-state index in [1.807, 2.05) is 0 Å². The molecule has 0 N–H and O–H groups in total. The second-order valence-corrected chi connectivity index (χ2v) is 8.15. The highest BCUT2D eigenvalue weighted by molar-refractivity contribution is 5.87. The fraction of sp³-hybridized carbons (Fsp3) is 0.619. The standard InChI is InChI=1S/C21H28N2O/c1-4-14-9-13-10-18-20(14)23(12-13)8-7-16-17-11-15(24-3)5-6-19(17)22(2)21(16)18/h5-6,11,13-14,18,20H,4,7-10,12H2,1-3H3/t13-,14+,18?,20?/m0/s1. The van der Waals surface area contributed by atoms with E-state index in [2.05, 4.69) is 41.6 Å². The van der Waals surface area contributed by atoms with Crippen molar-refractivity contribution in [1.82, 2.24) is 9.47 Å². The predicted octanol–water partition coefficient (Wildman–Crippen LogP) is 3.95. The summed E-state index contributed by atoms with van der Waals surface area (Å²) in [7, 11) is 4.05. The fourth-order valence-corrected chi connectivity index (χ4v) is 6.21. The van der Waals surface area contributed by atoms with Gasteiger partial charge in [-0.1, -0.05) is 13.3 Å². The average molecular weight is 324 g/mol. The number of ether oxygens (including phenoxy) is 1. The largest absolute Gasteiger partial charge is 0.497 e.